The Bertz CT molecular complexity index is 1120. The van der Waals surface area contributed by atoms with Gasteiger partial charge in [0.15, 0.2) is 0 Å². The number of rotatable bonds is 8. The highest BCUT2D eigenvalue weighted by Gasteiger charge is 2.34. The van der Waals surface area contributed by atoms with E-state index >= 15 is 0 Å². The first-order valence-corrected chi connectivity index (χ1v) is 13.2. The van der Waals surface area contributed by atoms with Crippen LogP contribution < -0.4 is 15.0 Å². The molecule has 0 saturated carbocycles. The number of methoxy groups -OCH3 is 1. The maximum Gasteiger partial charge on any atom is 0.416 e. The largest absolute Gasteiger partial charge is 0.495 e. The van der Waals surface area contributed by atoms with Crippen LogP contribution in [0.5, 0.6) is 5.75 Å². The van der Waals surface area contributed by atoms with E-state index in [2.05, 4.69) is 21.2 Å². The van der Waals surface area contributed by atoms with Crippen LogP contribution >= 0.6 is 0 Å². The summed E-state index contributed by atoms with van der Waals surface area (Å²) in [5.41, 5.74) is 0.576. The van der Waals surface area contributed by atoms with E-state index < -0.39 is 17.7 Å². The fourth-order valence-corrected chi connectivity index (χ4v) is 5.48. The molecule has 2 aliphatic heterocycles. The number of piperidine rings is 1. The average Bonchev–Trinajstić information content (AvgIpc) is 2.92. The van der Waals surface area contributed by atoms with Gasteiger partial charge in [0.2, 0.25) is 0 Å². The van der Waals surface area contributed by atoms with Crippen molar-refractivity contribution in [2.45, 2.75) is 25.4 Å². The fourth-order valence-electron chi connectivity index (χ4n) is 5.48. The number of carbonyl (C=O) groups excluding carboxylic acids is 1. The lowest BCUT2D eigenvalue weighted by molar-refractivity contribution is -0.139. The molecule has 2 aliphatic rings. The number of halogens is 3. The maximum absolute atomic E-state index is 12.9. The number of carboxylic acid groups (broad SMARTS) is 1. The zero-order valence-electron chi connectivity index (χ0n) is 22.0. The monoisotopic (exact) mass is 548 g/mol. The van der Waals surface area contributed by atoms with Crippen LogP contribution in [0.3, 0.4) is 0 Å². The van der Waals surface area contributed by atoms with Crippen LogP contribution in [0.15, 0.2) is 48.5 Å². The number of carboxylic acids is 1. The molecule has 212 valence electrons. The summed E-state index contributed by atoms with van der Waals surface area (Å²) < 4.78 is 44.0. The van der Waals surface area contributed by atoms with Crippen molar-refractivity contribution in [3.8, 4) is 5.75 Å². The lowest BCUT2D eigenvalue weighted by Gasteiger charge is -2.40. The lowest BCUT2D eigenvalue weighted by atomic mass is 9.81. The van der Waals surface area contributed by atoms with Gasteiger partial charge in [-0.25, -0.2) is 4.79 Å². The Morgan fingerprint density at radius 1 is 1.00 bits per heavy atom. The van der Waals surface area contributed by atoms with Crippen molar-refractivity contribution in [3.63, 3.8) is 0 Å². The van der Waals surface area contributed by atoms with Crippen LogP contribution in [0.1, 0.15) is 24.8 Å². The number of ether oxygens (including phenoxy) is 1. The molecular formula is C28H35F3N4O4. The third-order valence-corrected chi connectivity index (χ3v) is 7.69. The second-order valence-electron chi connectivity index (χ2n) is 10.1. The van der Waals surface area contributed by atoms with Gasteiger partial charge in [0.1, 0.15) is 5.75 Å². The molecule has 0 aliphatic carbocycles. The third kappa shape index (κ3) is 7.56. The number of likely N-dealkylation sites (tertiary alicyclic amines) is 1. The van der Waals surface area contributed by atoms with Crippen LogP contribution in [0.2, 0.25) is 0 Å². The molecule has 2 heterocycles. The van der Waals surface area contributed by atoms with Gasteiger partial charge in [-0.1, -0.05) is 12.1 Å². The lowest BCUT2D eigenvalue weighted by Crippen LogP contribution is -2.49. The van der Waals surface area contributed by atoms with Gasteiger partial charge in [-0.2, -0.15) is 13.2 Å². The molecule has 0 unspecified atom stereocenters. The summed E-state index contributed by atoms with van der Waals surface area (Å²) in [5, 5.41) is 12.1. The molecule has 2 aromatic rings. The van der Waals surface area contributed by atoms with Crippen LogP contribution in [-0.4, -0.2) is 79.8 Å². The van der Waals surface area contributed by atoms with Crippen molar-refractivity contribution in [1.82, 2.24) is 9.80 Å². The van der Waals surface area contributed by atoms with E-state index in [0.29, 0.717) is 19.5 Å². The molecule has 0 radical (unpaired) electrons. The Morgan fingerprint density at radius 3 is 2.33 bits per heavy atom. The number of piperazine rings is 1. The summed E-state index contributed by atoms with van der Waals surface area (Å²) in [6, 6.07) is 11.9. The Morgan fingerprint density at radius 2 is 1.69 bits per heavy atom. The van der Waals surface area contributed by atoms with Gasteiger partial charge in [-0.15, -0.1) is 0 Å². The van der Waals surface area contributed by atoms with Gasteiger partial charge in [-0.3, -0.25) is 9.69 Å². The number of carbonyl (C=O) groups is 2. The number of alkyl halides is 3. The molecule has 0 bridgehead atoms. The van der Waals surface area contributed by atoms with Crippen LogP contribution in [0.25, 0.3) is 0 Å². The van der Waals surface area contributed by atoms with Crippen molar-refractivity contribution in [1.29, 1.82) is 0 Å². The predicted molar refractivity (Wildman–Crippen MR) is 142 cm³/mol. The van der Waals surface area contributed by atoms with Gasteiger partial charge < -0.3 is 25.0 Å². The average molecular weight is 549 g/mol. The van der Waals surface area contributed by atoms with E-state index in [-0.39, 0.29) is 30.0 Å². The number of hydrogen-bond donors (Lipinski definition) is 2. The number of amides is 2. The highest BCUT2D eigenvalue weighted by molar-refractivity contribution is 5.89. The molecule has 2 N–H and O–H groups in total. The number of anilines is 2. The molecule has 8 nitrogen and oxygen atoms in total. The summed E-state index contributed by atoms with van der Waals surface area (Å²) >= 11 is 0. The molecule has 0 aromatic heterocycles. The first kappa shape index (κ1) is 28.5. The summed E-state index contributed by atoms with van der Waals surface area (Å²) in [5.74, 6) is -0.0228. The molecule has 2 fully saturated rings. The summed E-state index contributed by atoms with van der Waals surface area (Å²) in [6.07, 6.45) is -3.06. The molecule has 0 spiro atoms. The number of para-hydroxylation sites is 2. The standard InChI is InChI=1S/C28H35F3N4O4/c1-39-25-5-3-2-4-24(25)34-16-14-33(15-17-34)12-10-21-19-35(13-11-20(21)18-26(36)37)27(38)32-23-8-6-22(7-9-23)28(29,30)31/h2-9,20-21H,10-19H2,1H3,(H,32,38)(H,36,37)/t20-,21-/m0/s1. The second kappa shape index (κ2) is 12.6. The summed E-state index contributed by atoms with van der Waals surface area (Å²) in [4.78, 5) is 30.7. The Hall–Kier alpha value is -3.47. The predicted octanol–water partition coefficient (Wildman–Crippen LogP) is 4.87. The van der Waals surface area contributed by atoms with Gasteiger partial charge in [-0.05, 0) is 67.6 Å². The zero-order valence-corrected chi connectivity index (χ0v) is 22.0. The van der Waals surface area contributed by atoms with E-state index in [1.807, 2.05) is 18.2 Å². The summed E-state index contributed by atoms with van der Waals surface area (Å²) in [6.45, 7) is 5.05. The minimum atomic E-state index is -4.44. The van der Waals surface area contributed by atoms with Gasteiger partial charge in [0, 0.05) is 51.4 Å². The minimum absolute atomic E-state index is 0.0143. The van der Waals surface area contributed by atoms with Gasteiger partial charge >= 0.3 is 18.2 Å². The topological polar surface area (TPSA) is 85.4 Å². The number of nitrogens with zero attached hydrogens (tertiary/aromatic N) is 3. The summed E-state index contributed by atoms with van der Waals surface area (Å²) in [7, 11) is 1.67. The molecule has 2 saturated heterocycles. The minimum Gasteiger partial charge on any atom is -0.495 e. The van der Waals surface area contributed by atoms with Gasteiger partial charge in [0.05, 0.1) is 18.4 Å². The smallest absolute Gasteiger partial charge is 0.416 e. The normalized spacial score (nSPS) is 20.5. The first-order chi connectivity index (χ1) is 18.6. The molecule has 11 heteroatoms. The van der Waals surface area contributed by atoms with Crippen molar-refractivity contribution >= 4 is 23.4 Å². The van der Waals surface area contributed by atoms with Gasteiger partial charge in [0.25, 0.3) is 0 Å². The third-order valence-electron chi connectivity index (χ3n) is 7.69. The van der Waals surface area contributed by atoms with E-state index in [0.717, 1.165) is 62.7 Å². The van der Waals surface area contributed by atoms with E-state index in [1.54, 1.807) is 12.0 Å². The highest BCUT2D eigenvalue weighted by atomic mass is 19.4. The van der Waals surface area contributed by atoms with E-state index in [9.17, 15) is 27.9 Å². The van der Waals surface area contributed by atoms with Crippen LogP contribution in [0, 0.1) is 11.8 Å². The number of urea groups is 1. The Kier molecular flexibility index (Phi) is 9.21. The first-order valence-electron chi connectivity index (χ1n) is 13.2. The maximum atomic E-state index is 12.9. The molecule has 2 amide bonds. The number of aliphatic carboxylic acids is 1. The van der Waals surface area contributed by atoms with E-state index in [1.165, 1.54) is 12.1 Å². The second-order valence-corrected chi connectivity index (χ2v) is 10.1. The Balaban J connectivity index is 1.32. The zero-order chi connectivity index (χ0) is 28.0. The van der Waals surface area contributed by atoms with Crippen molar-refractivity contribution < 1.29 is 32.6 Å². The molecule has 4 rings (SSSR count). The molecular weight excluding hydrogens is 513 g/mol. The quantitative estimate of drug-likeness (QED) is 0.490. The van der Waals surface area contributed by atoms with Crippen molar-refractivity contribution in [2.24, 2.45) is 11.8 Å². The molecule has 2 aromatic carbocycles. The molecule has 2 atom stereocenters. The molecule has 39 heavy (non-hydrogen) atoms. The van der Waals surface area contributed by atoms with E-state index in [4.69, 9.17) is 4.74 Å². The number of benzene rings is 2. The van der Waals surface area contributed by atoms with Crippen molar-refractivity contribution in [2.75, 3.05) is 63.1 Å². The van der Waals surface area contributed by atoms with Crippen LogP contribution in [-0.2, 0) is 11.0 Å². The van der Waals surface area contributed by atoms with Crippen LogP contribution in [0.4, 0.5) is 29.3 Å². The fraction of sp³-hybridized carbons (Fsp3) is 0.500. The highest BCUT2D eigenvalue weighted by Crippen LogP contribution is 2.32. The number of hydrogen-bond acceptors (Lipinski definition) is 5. The SMILES string of the molecule is COc1ccccc1N1CCN(CC[C@H]2CN(C(=O)Nc3ccc(C(F)(F)F)cc3)CC[C@H]2CC(=O)O)CC1. The Labute approximate surface area is 226 Å². The van der Waals surface area contributed by atoms with Crippen molar-refractivity contribution in [3.05, 3.63) is 54.1 Å². The number of nitrogens with one attached hydrogen (secondary N) is 1.